The lowest BCUT2D eigenvalue weighted by atomic mass is 9.92. The molecule has 0 spiro atoms. The second kappa shape index (κ2) is 5.85. The van der Waals surface area contributed by atoms with Crippen molar-refractivity contribution in [1.82, 2.24) is 10.2 Å². The minimum atomic E-state index is -1.10. The quantitative estimate of drug-likeness (QED) is 0.851. The van der Waals surface area contributed by atoms with E-state index in [9.17, 15) is 14.7 Å². The van der Waals surface area contributed by atoms with Gasteiger partial charge in [-0.2, -0.15) is 0 Å². The van der Waals surface area contributed by atoms with Gasteiger partial charge in [0.2, 0.25) is 0 Å². The van der Waals surface area contributed by atoms with Crippen LogP contribution in [0.2, 0.25) is 0 Å². The van der Waals surface area contributed by atoms with E-state index >= 15 is 0 Å². The van der Waals surface area contributed by atoms with E-state index in [2.05, 4.69) is 5.32 Å². The van der Waals surface area contributed by atoms with Gasteiger partial charge in [0.1, 0.15) is 5.54 Å². The van der Waals surface area contributed by atoms with Crippen LogP contribution in [0.1, 0.15) is 24.2 Å². The number of aliphatic hydroxyl groups excluding tert-OH is 1. The molecule has 0 bridgehead atoms. The van der Waals surface area contributed by atoms with Crippen LogP contribution in [0.15, 0.2) is 60.7 Å². The number of urea groups is 1. The molecule has 5 heteroatoms. The molecule has 1 aliphatic rings. The maximum absolute atomic E-state index is 12.7. The highest BCUT2D eigenvalue weighted by Crippen LogP contribution is 2.29. The van der Waals surface area contributed by atoms with Crippen LogP contribution in [0.25, 0.3) is 0 Å². The summed E-state index contributed by atoms with van der Waals surface area (Å²) in [6, 6.07) is 17.6. The van der Waals surface area contributed by atoms with Crippen molar-refractivity contribution in [2.24, 2.45) is 0 Å². The van der Waals surface area contributed by atoms with E-state index in [0.29, 0.717) is 5.56 Å². The molecule has 0 unspecified atom stereocenters. The monoisotopic (exact) mass is 310 g/mol. The maximum Gasteiger partial charge on any atom is 0.325 e. The average molecular weight is 310 g/mol. The highest BCUT2D eigenvalue weighted by atomic mass is 16.3. The number of imide groups is 1. The summed E-state index contributed by atoms with van der Waals surface area (Å²) < 4.78 is 0. The van der Waals surface area contributed by atoms with E-state index < -0.39 is 17.7 Å². The van der Waals surface area contributed by atoms with E-state index in [0.717, 1.165) is 10.5 Å². The van der Waals surface area contributed by atoms with E-state index in [1.165, 1.54) is 0 Å². The van der Waals surface area contributed by atoms with Gasteiger partial charge in [-0.15, -0.1) is 0 Å². The normalized spacial score (nSPS) is 22.1. The van der Waals surface area contributed by atoms with Gasteiger partial charge < -0.3 is 10.4 Å². The van der Waals surface area contributed by atoms with Crippen LogP contribution >= 0.6 is 0 Å². The van der Waals surface area contributed by atoms with Crippen LogP contribution in [0.4, 0.5) is 4.79 Å². The molecule has 1 fully saturated rings. The summed E-state index contributed by atoms with van der Waals surface area (Å²) in [4.78, 5) is 26.0. The molecule has 5 nitrogen and oxygen atoms in total. The zero-order valence-corrected chi connectivity index (χ0v) is 12.8. The molecule has 3 rings (SSSR count). The van der Waals surface area contributed by atoms with Crippen LogP contribution in [-0.4, -0.2) is 28.5 Å². The smallest absolute Gasteiger partial charge is 0.325 e. The largest absolute Gasteiger partial charge is 0.387 e. The number of hydrogen-bond acceptors (Lipinski definition) is 3. The third kappa shape index (κ3) is 2.71. The van der Waals surface area contributed by atoms with E-state index in [1.807, 2.05) is 24.3 Å². The number of rotatable bonds is 4. The number of amides is 3. The number of nitrogens with zero attached hydrogens (tertiary/aromatic N) is 1. The number of aliphatic hydroxyl groups is 1. The second-order valence-corrected chi connectivity index (χ2v) is 5.76. The molecular formula is C18H18N2O3. The van der Waals surface area contributed by atoms with Gasteiger partial charge in [-0.05, 0) is 18.1 Å². The van der Waals surface area contributed by atoms with Gasteiger partial charge in [0.05, 0.1) is 12.6 Å². The number of nitrogens with one attached hydrogen (secondary N) is 1. The number of carbonyl (C=O) groups excluding carboxylic acids is 2. The van der Waals surface area contributed by atoms with Crippen molar-refractivity contribution in [1.29, 1.82) is 0 Å². The lowest BCUT2D eigenvalue weighted by molar-refractivity contribution is -0.132. The molecule has 0 saturated carbocycles. The Balaban J connectivity index is 1.82. The van der Waals surface area contributed by atoms with E-state index in [-0.39, 0.29) is 12.5 Å². The Bertz CT molecular complexity index is 718. The predicted molar refractivity (Wildman–Crippen MR) is 85.4 cm³/mol. The van der Waals surface area contributed by atoms with Crippen molar-refractivity contribution in [3.63, 3.8) is 0 Å². The SMILES string of the molecule is C[C@]1(c2ccccc2)NC(=O)N(C[C@@H](O)c2ccccc2)C1=O. The molecule has 0 aliphatic carbocycles. The van der Waals surface area contributed by atoms with Gasteiger partial charge in [0.15, 0.2) is 0 Å². The summed E-state index contributed by atoms with van der Waals surface area (Å²) in [5.41, 5.74) is 0.283. The summed E-state index contributed by atoms with van der Waals surface area (Å²) in [7, 11) is 0. The Morgan fingerprint density at radius 1 is 1.04 bits per heavy atom. The zero-order valence-electron chi connectivity index (χ0n) is 12.8. The summed E-state index contributed by atoms with van der Waals surface area (Å²) in [6.07, 6.45) is -0.913. The Hall–Kier alpha value is -2.66. The van der Waals surface area contributed by atoms with Crippen molar-refractivity contribution < 1.29 is 14.7 Å². The molecule has 3 amide bonds. The Morgan fingerprint density at radius 2 is 1.61 bits per heavy atom. The average Bonchev–Trinajstić information content (AvgIpc) is 2.81. The summed E-state index contributed by atoms with van der Waals surface area (Å²) in [5.74, 6) is -0.358. The topological polar surface area (TPSA) is 69.6 Å². The van der Waals surface area contributed by atoms with Crippen LogP contribution in [0, 0.1) is 0 Å². The Labute approximate surface area is 134 Å². The lowest BCUT2D eigenvalue weighted by Crippen LogP contribution is -2.41. The van der Waals surface area contributed by atoms with E-state index in [4.69, 9.17) is 0 Å². The summed E-state index contributed by atoms with van der Waals surface area (Å²) in [5, 5.41) is 13.0. The van der Waals surface area contributed by atoms with Crippen molar-refractivity contribution in [3.05, 3.63) is 71.8 Å². The standard InChI is InChI=1S/C18H18N2O3/c1-18(14-10-6-3-7-11-14)16(22)20(17(23)19-18)12-15(21)13-8-4-2-5-9-13/h2-11,15,21H,12H2,1H3,(H,19,23)/t15-,18-/m1/s1. The van der Waals surface area contributed by atoms with Crippen molar-refractivity contribution in [3.8, 4) is 0 Å². The maximum atomic E-state index is 12.7. The molecule has 0 radical (unpaired) electrons. The zero-order chi connectivity index (χ0) is 16.4. The van der Waals surface area contributed by atoms with Crippen LogP contribution in [0.3, 0.4) is 0 Å². The van der Waals surface area contributed by atoms with Gasteiger partial charge in [0, 0.05) is 0 Å². The van der Waals surface area contributed by atoms with Gasteiger partial charge >= 0.3 is 6.03 Å². The molecule has 2 N–H and O–H groups in total. The fraction of sp³-hybridized carbons (Fsp3) is 0.222. The third-order valence-electron chi connectivity index (χ3n) is 4.17. The van der Waals surface area contributed by atoms with Crippen LogP contribution < -0.4 is 5.32 Å². The molecule has 1 aliphatic heterocycles. The summed E-state index contributed by atoms with van der Waals surface area (Å²) >= 11 is 0. The minimum Gasteiger partial charge on any atom is -0.387 e. The molecule has 1 heterocycles. The van der Waals surface area contributed by atoms with Crippen LogP contribution in [0.5, 0.6) is 0 Å². The molecule has 2 aromatic carbocycles. The number of hydrogen-bond donors (Lipinski definition) is 2. The predicted octanol–water partition coefficient (Wildman–Crippen LogP) is 2.19. The fourth-order valence-corrected chi connectivity index (χ4v) is 2.78. The summed E-state index contributed by atoms with van der Waals surface area (Å²) in [6.45, 7) is 1.61. The van der Waals surface area contributed by atoms with Crippen molar-refractivity contribution in [2.75, 3.05) is 6.54 Å². The van der Waals surface area contributed by atoms with Gasteiger partial charge in [-0.1, -0.05) is 60.7 Å². The first kappa shape index (κ1) is 15.2. The first-order valence-electron chi connectivity index (χ1n) is 7.45. The molecule has 2 aromatic rings. The fourth-order valence-electron chi connectivity index (χ4n) is 2.78. The molecule has 23 heavy (non-hydrogen) atoms. The Kier molecular flexibility index (Phi) is 3.88. The molecule has 2 atom stereocenters. The third-order valence-corrected chi connectivity index (χ3v) is 4.17. The van der Waals surface area contributed by atoms with Gasteiger partial charge in [0.25, 0.3) is 5.91 Å². The lowest BCUT2D eigenvalue weighted by Gasteiger charge is -2.23. The van der Waals surface area contributed by atoms with Crippen molar-refractivity contribution in [2.45, 2.75) is 18.6 Å². The Morgan fingerprint density at radius 3 is 2.22 bits per heavy atom. The second-order valence-electron chi connectivity index (χ2n) is 5.76. The van der Waals surface area contributed by atoms with Crippen LogP contribution in [-0.2, 0) is 10.3 Å². The highest BCUT2D eigenvalue weighted by Gasteiger charge is 2.49. The van der Waals surface area contributed by atoms with Gasteiger partial charge in [-0.25, -0.2) is 4.79 Å². The first-order valence-corrected chi connectivity index (χ1v) is 7.45. The van der Waals surface area contributed by atoms with Crippen molar-refractivity contribution >= 4 is 11.9 Å². The molecular weight excluding hydrogens is 292 g/mol. The molecule has 0 aromatic heterocycles. The number of benzene rings is 2. The van der Waals surface area contributed by atoms with Gasteiger partial charge in [-0.3, -0.25) is 9.69 Å². The number of carbonyl (C=O) groups is 2. The molecule has 118 valence electrons. The minimum absolute atomic E-state index is 0.0723. The molecule has 1 saturated heterocycles. The first-order chi connectivity index (χ1) is 11.0. The number of β-amino-alcohol motifs (C(OH)–C–C–N with tert-alkyl or cyclic N) is 1. The highest BCUT2D eigenvalue weighted by molar-refractivity contribution is 6.07. The van der Waals surface area contributed by atoms with E-state index in [1.54, 1.807) is 43.3 Å².